The number of aryl methyl sites for hydroxylation is 1. The average Bonchev–Trinajstić information content (AvgIpc) is 3.44. The Morgan fingerprint density at radius 1 is 1.03 bits per heavy atom. The molecule has 2 saturated carbocycles. The number of thioether (sulfide) groups is 1. The fourth-order valence-corrected chi connectivity index (χ4v) is 6.57. The van der Waals surface area contributed by atoms with E-state index < -0.39 is 0 Å². The van der Waals surface area contributed by atoms with Crippen LogP contribution in [-0.2, 0) is 17.8 Å². The first kappa shape index (κ1) is 22.7. The third-order valence-electron chi connectivity index (χ3n) is 6.58. The maximum atomic E-state index is 12.5. The molecule has 2 heterocycles. The van der Waals surface area contributed by atoms with Crippen molar-refractivity contribution in [1.29, 1.82) is 0 Å². The molecule has 2 aliphatic carbocycles. The molecule has 0 radical (unpaired) electrons. The summed E-state index contributed by atoms with van der Waals surface area (Å²) in [6.07, 6.45) is 15.3. The number of rotatable bonds is 9. The van der Waals surface area contributed by atoms with Crippen LogP contribution in [0.3, 0.4) is 0 Å². The Morgan fingerprint density at radius 2 is 1.77 bits per heavy atom. The number of carbonyl (C=O) groups is 1. The number of hydrogen-bond donors (Lipinski definition) is 1. The summed E-state index contributed by atoms with van der Waals surface area (Å²) in [7, 11) is 0. The van der Waals surface area contributed by atoms with Gasteiger partial charge in [-0.25, -0.2) is 0 Å². The highest BCUT2D eigenvalue weighted by atomic mass is 32.2. The number of anilines is 1. The van der Waals surface area contributed by atoms with Gasteiger partial charge in [-0.1, -0.05) is 74.5 Å². The van der Waals surface area contributed by atoms with Crippen LogP contribution in [0.1, 0.15) is 94.3 Å². The van der Waals surface area contributed by atoms with Crippen LogP contribution in [0.4, 0.5) is 5.13 Å². The third-order valence-corrected chi connectivity index (χ3v) is 8.55. The maximum Gasteiger partial charge on any atom is 0.236 e. The van der Waals surface area contributed by atoms with Gasteiger partial charge in [0.15, 0.2) is 5.16 Å². The van der Waals surface area contributed by atoms with Gasteiger partial charge in [-0.3, -0.25) is 10.1 Å². The molecular formula is C22H34N6OS2. The lowest BCUT2D eigenvalue weighted by molar-refractivity contribution is -0.113. The summed E-state index contributed by atoms with van der Waals surface area (Å²) >= 11 is 2.97. The van der Waals surface area contributed by atoms with E-state index >= 15 is 0 Å². The molecule has 2 aromatic heterocycles. The van der Waals surface area contributed by atoms with Crippen LogP contribution in [0, 0.1) is 5.92 Å². The Labute approximate surface area is 193 Å². The second-order valence-corrected chi connectivity index (χ2v) is 10.8. The minimum absolute atomic E-state index is 0.0641. The SMILES string of the molecule is CCn1c(CCC2CCCCC2)nnc1SCC(=O)Nc1nnc(C2CCCCC2)s1. The summed E-state index contributed by atoms with van der Waals surface area (Å²) in [5, 5.41) is 22.7. The molecule has 1 N–H and O–H groups in total. The highest BCUT2D eigenvalue weighted by Crippen LogP contribution is 2.35. The minimum atomic E-state index is -0.0641. The predicted octanol–water partition coefficient (Wildman–Crippen LogP) is 5.44. The smallest absolute Gasteiger partial charge is 0.236 e. The molecule has 31 heavy (non-hydrogen) atoms. The van der Waals surface area contributed by atoms with Crippen molar-refractivity contribution < 1.29 is 4.79 Å². The van der Waals surface area contributed by atoms with Crippen molar-refractivity contribution in [1.82, 2.24) is 25.0 Å². The lowest BCUT2D eigenvalue weighted by Crippen LogP contribution is -2.15. The van der Waals surface area contributed by atoms with Crippen molar-refractivity contribution >= 4 is 34.1 Å². The monoisotopic (exact) mass is 462 g/mol. The molecule has 2 fully saturated rings. The van der Waals surface area contributed by atoms with Gasteiger partial charge < -0.3 is 4.57 Å². The van der Waals surface area contributed by atoms with Gasteiger partial charge in [-0.15, -0.1) is 20.4 Å². The van der Waals surface area contributed by atoms with Gasteiger partial charge in [0.05, 0.1) is 5.75 Å². The van der Waals surface area contributed by atoms with Gasteiger partial charge in [0.1, 0.15) is 10.8 Å². The Bertz CT molecular complexity index is 839. The molecule has 9 heteroatoms. The third kappa shape index (κ3) is 6.28. The first-order valence-electron chi connectivity index (χ1n) is 11.9. The van der Waals surface area contributed by atoms with Gasteiger partial charge in [0, 0.05) is 18.9 Å². The van der Waals surface area contributed by atoms with Gasteiger partial charge >= 0.3 is 0 Å². The number of aromatic nitrogens is 5. The van der Waals surface area contributed by atoms with Crippen molar-refractivity contribution in [3.8, 4) is 0 Å². The molecule has 0 spiro atoms. The molecule has 1 amide bonds. The number of nitrogens with zero attached hydrogens (tertiary/aromatic N) is 5. The van der Waals surface area contributed by atoms with Crippen LogP contribution in [0.2, 0.25) is 0 Å². The Balaban J connectivity index is 1.26. The molecule has 4 rings (SSSR count). The van der Waals surface area contributed by atoms with Crippen LogP contribution in [0.25, 0.3) is 0 Å². The molecule has 2 aliphatic rings. The summed E-state index contributed by atoms with van der Waals surface area (Å²) in [4.78, 5) is 12.5. The summed E-state index contributed by atoms with van der Waals surface area (Å²) in [6.45, 7) is 2.95. The van der Waals surface area contributed by atoms with E-state index in [1.807, 2.05) is 0 Å². The molecule has 0 aromatic carbocycles. The minimum Gasteiger partial charge on any atom is -0.306 e. The van der Waals surface area contributed by atoms with Crippen LogP contribution in [0.5, 0.6) is 0 Å². The quantitative estimate of drug-likeness (QED) is 0.499. The summed E-state index contributed by atoms with van der Waals surface area (Å²) in [5.74, 6) is 2.64. The second kappa shape index (κ2) is 11.4. The van der Waals surface area contributed by atoms with E-state index in [0.29, 0.717) is 16.8 Å². The van der Waals surface area contributed by atoms with Gasteiger partial charge in [0.2, 0.25) is 11.0 Å². The molecule has 0 unspecified atom stereocenters. The van der Waals surface area contributed by atoms with Crippen molar-refractivity contribution in [2.75, 3.05) is 11.1 Å². The fraction of sp³-hybridized carbons (Fsp3) is 0.773. The van der Waals surface area contributed by atoms with Crippen LogP contribution in [-0.4, -0.2) is 36.6 Å². The van der Waals surface area contributed by atoms with Crippen molar-refractivity contribution in [3.05, 3.63) is 10.8 Å². The summed E-state index contributed by atoms with van der Waals surface area (Å²) in [5.41, 5.74) is 0. The van der Waals surface area contributed by atoms with Gasteiger partial charge in [-0.2, -0.15) is 0 Å². The highest BCUT2D eigenvalue weighted by molar-refractivity contribution is 7.99. The highest BCUT2D eigenvalue weighted by Gasteiger charge is 2.21. The van der Waals surface area contributed by atoms with E-state index in [2.05, 4.69) is 37.2 Å². The molecule has 2 aromatic rings. The van der Waals surface area contributed by atoms with E-state index in [0.717, 1.165) is 34.9 Å². The van der Waals surface area contributed by atoms with Crippen LogP contribution < -0.4 is 5.32 Å². The largest absolute Gasteiger partial charge is 0.306 e. The summed E-state index contributed by atoms with van der Waals surface area (Å²) in [6, 6.07) is 0. The number of carbonyl (C=O) groups excluding carboxylic acids is 1. The average molecular weight is 463 g/mol. The standard InChI is InChI=1S/C22H34N6OS2/c1-2-28-18(14-13-16-9-5-3-6-10-16)24-27-22(28)30-15-19(29)23-21-26-25-20(31-21)17-11-7-4-8-12-17/h16-17H,2-15H2,1H3,(H,23,26,29). The zero-order valence-corrected chi connectivity index (χ0v) is 20.1. The van der Waals surface area contributed by atoms with Crippen molar-refractivity contribution in [2.45, 2.75) is 102 Å². The van der Waals surface area contributed by atoms with E-state index in [9.17, 15) is 4.79 Å². The van der Waals surface area contributed by atoms with E-state index in [4.69, 9.17) is 0 Å². The first-order valence-corrected chi connectivity index (χ1v) is 13.7. The van der Waals surface area contributed by atoms with E-state index in [1.54, 1.807) is 0 Å². The Kier molecular flexibility index (Phi) is 8.35. The number of hydrogen-bond acceptors (Lipinski definition) is 7. The topological polar surface area (TPSA) is 85.6 Å². The normalized spacial score (nSPS) is 18.4. The molecule has 0 bridgehead atoms. The van der Waals surface area contributed by atoms with Crippen LogP contribution >= 0.6 is 23.1 Å². The zero-order valence-electron chi connectivity index (χ0n) is 18.5. The van der Waals surface area contributed by atoms with Crippen molar-refractivity contribution in [3.63, 3.8) is 0 Å². The molecule has 0 aliphatic heterocycles. The predicted molar refractivity (Wildman–Crippen MR) is 126 cm³/mol. The fourth-order valence-electron chi connectivity index (χ4n) is 4.82. The lowest BCUT2D eigenvalue weighted by Gasteiger charge is -2.21. The second-order valence-electron chi connectivity index (χ2n) is 8.80. The van der Waals surface area contributed by atoms with Gasteiger partial charge in [0.25, 0.3) is 0 Å². The van der Waals surface area contributed by atoms with Crippen LogP contribution in [0.15, 0.2) is 5.16 Å². The number of amides is 1. The lowest BCUT2D eigenvalue weighted by atomic mass is 9.86. The maximum absolute atomic E-state index is 12.5. The van der Waals surface area contributed by atoms with Gasteiger partial charge in [-0.05, 0) is 32.1 Å². The Morgan fingerprint density at radius 3 is 2.52 bits per heavy atom. The number of nitrogens with one attached hydrogen (secondary N) is 1. The van der Waals surface area contributed by atoms with E-state index in [1.165, 1.54) is 93.7 Å². The molecule has 0 atom stereocenters. The molecule has 0 saturated heterocycles. The molecule has 170 valence electrons. The summed E-state index contributed by atoms with van der Waals surface area (Å²) < 4.78 is 2.16. The molecule has 7 nitrogen and oxygen atoms in total. The molecular weight excluding hydrogens is 428 g/mol. The zero-order chi connectivity index (χ0) is 21.5. The first-order chi connectivity index (χ1) is 15.2. The Hall–Kier alpha value is -1.48. The van der Waals surface area contributed by atoms with E-state index in [-0.39, 0.29) is 5.91 Å². The van der Waals surface area contributed by atoms with Crippen molar-refractivity contribution in [2.24, 2.45) is 5.92 Å².